The molecule has 0 aliphatic rings. The van der Waals surface area contributed by atoms with E-state index in [0.29, 0.717) is 17.5 Å². The molecule has 3 aromatic heterocycles. The van der Waals surface area contributed by atoms with Crippen molar-refractivity contribution in [1.82, 2.24) is 29.4 Å². The molecule has 0 N–H and O–H groups in total. The number of aromatic nitrogens is 6. The second-order valence-corrected chi connectivity index (χ2v) is 6.31. The third kappa shape index (κ3) is 3.50. The van der Waals surface area contributed by atoms with E-state index in [-0.39, 0.29) is 18.1 Å². The molecule has 0 atom stereocenters. The fourth-order valence-electron chi connectivity index (χ4n) is 2.72. The normalized spacial score (nSPS) is 11.9. The van der Waals surface area contributed by atoms with Crippen LogP contribution in [0, 0.1) is 12.7 Å². The largest absolute Gasteiger partial charge is 0.486 e. The standard InChI is InChI=1S/C18H14F4N6O/c1-10-12(6-24-27(10)2)9-29-15-5-11(3-4-13(15)19)14-7-23-17-26-16(18(20,21)22)8-25-28(14)17/h3-8H,9H2,1-2H3. The summed E-state index contributed by atoms with van der Waals surface area (Å²) in [5, 5.41) is 7.87. The van der Waals surface area contributed by atoms with Crippen molar-refractivity contribution in [2.45, 2.75) is 19.7 Å². The summed E-state index contributed by atoms with van der Waals surface area (Å²) in [6.45, 7) is 1.98. The van der Waals surface area contributed by atoms with Gasteiger partial charge in [0.05, 0.1) is 24.3 Å². The molecule has 150 valence electrons. The summed E-state index contributed by atoms with van der Waals surface area (Å²) < 4.78 is 61.0. The summed E-state index contributed by atoms with van der Waals surface area (Å²) in [4.78, 5) is 7.34. The lowest BCUT2D eigenvalue weighted by atomic mass is 10.1. The summed E-state index contributed by atoms with van der Waals surface area (Å²) in [6.07, 6.45) is -1.06. The summed E-state index contributed by atoms with van der Waals surface area (Å²) in [6, 6.07) is 4.10. The minimum atomic E-state index is -4.62. The van der Waals surface area contributed by atoms with Crippen molar-refractivity contribution >= 4 is 5.78 Å². The molecule has 29 heavy (non-hydrogen) atoms. The Hall–Kier alpha value is -3.50. The number of hydrogen-bond acceptors (Lipinski definition) is 5. The molecule has 0 saturated heterocycles. The van der Waals surface area contributed by atoms with Crippen molar-refractivity contribution in [3.63, 3.8) is 0 Å². The Balaban J connectivity index is 1.65. The third-order valence-electron chi connectivity index (χ3n) is 4.47. The molecule has 4 aromatic rings. The van der Waals surface area contributed by atoms with E-state index in [1.807, 2.05) is 6.92 Å². The highest BCUT2D eigenvalue weighted by molar-refractivity contribution is 5.63. The molecule has 0 amide bonds. The van der Waals surface area contributed by atoms with Gasteiger partial charge in [-0.15, -0.1) is 0 Å². The number of benzene rings is 1. The highest BCUT2D eigenvalue weighted by Gasteiger charge is 2.33. The molecular formula is C18H14F4N6O. The highest BCUT2D eigenvalue weighted by Crippen LogP contribution is 2.30. The molecule has 11 heteroatoms. The summed E-state index contributed by atoms with van der Waals surface area (Å²) in [5.74, 6) is -0.803. The van der Waals surface area contributed by atoms with Gasteiger partial charge in [0, 0.05) is 23.9 Å². The number of fused-ring (bicyclic) bond motifs is 1. The summed E-state index contributed by atoms with van der Waals surface area (Å²) in [5.41, 5.74) is 1.36. The number of alkyl halides is 3. The van der Waals surface area contributed by atoms with Crippen LogP contribution in [0.5, 0.6) is 5.75 Å². The van der Waals surface area contributed by atoms with Gasteiger partial charge in [-0.05, 0) is 25.1 Å². The number of hydrogen-bond donors (Lipinski definition) is 0. The molecule has 0 radical (unpaired) electrons. The molecule has 0 spiro atoms. The van der Waals surface area contributed by atoms with Crippen molar-refractivity contribution in [2.75, 3.05) is 0 Å². The van der Waals surface area contributed by atoms with Crippen LogP contribution in [0.4, 0.5) is 17.6 Å². The lowest BCUT2D eigenvalue weighted by molar-refractivity contribution is -0.141. The number of nitrogens with zero attached hydrogens (tertiary/aromatic N) is 6. The molecular weight excluding hydrogens is 392 g/mol. The first kappa shape index (κ1) is 18.8. The van der Waals surface area contributed by atoms with Gasteiger partial charge in [0.1, 0.15) is 6.61 Å². The summed E-state index contributed by atoms with van der Waals surface area (Å²) >= 11 is 0. The Morgan fingerprint density at radius 2 is 1.90 bits per heavy atom. The maximum absolute atomic E-state index is 14.2. The third-order valence-corrected chi connectivity index (χ3v) is 4.47. The van der Waals surface area contributed by atoms with Crippen LogP contribution in [0.3, 0.4) is 0 Å². The second kappa shape index (κ2) is 6.83. The average molecular weight is 406 g/mol. The quantitative estimate of drug-likeness (QED) is 0.485. The first-order chi connectivity index (χ1) is 13.7. The lowest BCUT2D eigenvalue weighted by Crippen LogP contribution is -2.11. The van der Waals surface area contributed by atoms with Crippen LogP contribution in [0.2, 0.25) is 0 Å². The zero-order chi connectivity index (χ0) is 20.8. The molecule has 0 aliphatic heterocycles. The van der Waals surface area contributed by atoms with Crippen LogP contribution in [-0.2, 0) is 19.8 Å². The predicted octanol–water partition coefficient (Wildman–Crippen LogP) is 3.57. The molecule has 0 unspecified atom stereocenters. The van der Waals surface area contributed by atoms with E-state index in [2.05, 4.69) is 20.2 Å². The lowest BCUT2D eigenvalue weighted by Gasteiger charge is -2.09. The van der Waals surface area contributed by atoms with E-state index in [1.165, 1.54) is 24.4 Å². The minimum absolute atomic E-state index is 0.0134. The van der Waals surface area contributed by atoms with Gasteiger partial charge in [-0.1, -0.05) is 0 Å². The van der Waals surface area contributed by atoms with Crippen molar-refractivity contribution in [1.29, 1.82) is 0 Å². The van der Waals surface area contributed by atoms with Crippen LogP contribution < -0.4 is 4.74 Å². The molecule has 0 saturated carbocycles. The first-order valence-corrected chi connectivity index (χ1v) is 8.42. The Morgan fingerprint density at radius 3 is 2.59 bits per heavy atom. The van der Waals surface area contributed by atoms with E-state index >= 15 is 0 Å². The second-order valence-electron chi connectivity index (χ2n) is 6.31. The molecule has 0 aliphatic carbocycles. The fourth-order valence-corrected chi connectivity index (χ4v) is 2.72. The van der Waals surface area contributed by atoms with Crippen LogP contribution in [0.25, 0.3) is 17.0 Å². The van der Waals surface area contributed by atoms with Gasteiger partial charge in [0.25, 0.3) is 5.78 Å². The topological polar surface area (TPSA) is 70.1 Å². The number of halogens is 4. The van der Waals surface area contributed by atoms with Crippen molar-refractivity contribution in [3.05, 3.63) is 59.6 Å². The molecule has 7 nitrogen and oxygen atoms in total. The van der Waals surface area contributed by atoms with E-state index in [0.717, 1.165) is 15.8 Å². The predicted molar refractivity (Wildman–Crippen MR) is 93.5 cm³/mol. The van der Waals surface area contributed by atoms with E-state index in [1.54, 1.807) is 17.9 Å². The van der Waals surface area contributed by atoms with Gasteiger partial charge in [0.2, 0.25) is 0 Å². The Labute approximate surface area is 161 Å². The van der Waals surface area contributed by atoms with Crippen molar-refractivity contribution in [3.8, 4) is 17.0 Å². The van der Waals surface area contributed by atoms with E-state index in [9.17, 15) is 17.6 Å². The number of aryl methyl sites for hydroxylation is 1. The molecule has 3 heterocycles. The zero-order valence-corrected chi connectivity index (χ0v) is 15.3. The average Bonchev–Trinajstić information content (AvgIpc) is 3.24. The Kier molecular flexibility index (Phi) is 4.44. The van der Waals surface area contributed by atoms with Gasteiger partial charge in [-0.25, -0.2) is 14.4 Å². The van der Waals surface area contributed by atoms with Crippen molar-refractivity contribution < 1.29 is 22.3 Å². The molecule has 0 fully saturated rings. The number of ether oxygens (including phenoxy) is 1. The van der Waals surface area contributed by atoms with Crippen LogP contribution in [0.1, 0.15) is 17.0 Å². The van der Waals surface area contributed by atoms with Gasteiger partial charge >= 0.3 is 6.18 Å². The van der Waals surface area contributed by atoms with E-state index < -0.39 is 17.7 Å². The minimum Gasteiger partial charge on any atom is -0.486 e. The first-order valence-electron chi connectivity index (χ1n) is 8.42. The maximum Gasteiger partial charge on any atom is 0.435 e. The van der Waals surface area contributed by atoms with Gasteiger partial charge in [0.15, 0.2) is 17.3 Å². The van der Waals surface area contributed by atoms with Crippen LogP contribution >= 0.6 is 0 Å². The van der Waals surface area contributed by atoms with E-state index in [4.69, 9.17) is 4.74 Å². The van der Waals surface area contributed by atoms with Crippen molar-refractivity contribution in [2.24, 2.45) is 7.05 Å². The number of rotatable bonds is 4. The fraction of sp³-hybridized carbons (Fsp3) is 0.222. The number of imidazole rings is 1. The molecule has 0 bridgehead atoms. The monoisotopic (exact) mass is 406 g/mol. The highest BCUT2D eigenvalue weighted by atomic mass is 19.4. The van der Waals surface area contributed by atoms with Gasteiger partial charge < -0.3 is 4.74 Å². The maximum atomic E-state index is 14.2. The molecule has 1 aromatic carbocycles. The van der Waals surface area contributed by atoms with Gasteiger partial charge in [-0.3, -0.25) is 4.68 Å². The molecule has 4 rings (SSSR count). The van der Waals surface area contributed by atoms with Gasteiger partial charge in [-0.2, -0.15) is 27.9 Å². The van der Waals surface area contributed by atoms with Crippen LogP contribution in [-0.4, -0.2) is 29.4 Å². The van der Waals surface area contributed by atoms with Crippen LogP contribution in [0.15, 0.2) is 36.8 Å². The zero-order valence-electron chi connectivity index (χ0n) is 15.3. The SMILES string of the molecule is Cc1c(COc2cc(-c3cnc4nc(C(F)(F)F)cnn34)ccc2F)cnn1C. The smallest absolute Gasteiger partial charge is 0.435 e. The summed E-state index contributed by atoms with van der Waals surface area (Å²) in [7, 11) is 1.79. The Morgan fingerprint density at radius 1 is 1.10 bits per heavy atom. The Bertz CT molecular complexity index is 1200.